The first-order valence-corrected chi connectivity index (χ1v) is 8.15. The van der Waals surface area contributed by atoms with Crippen LogP contribution in [0.4, 0.5) is 11.4 Å². The van der Waals surface area contributed by atoms with Gasteiger partial charge >= 0.3 is 5.97 Å². The van der Waals surface area contributed by atoms with Gasteiger partial charge in [0, 0.05) is 23.4 Å². The number of rotatable bonds is 7. The van der Waals surface area contributed by atoms with Gasteiger partial charge in [-0.1, -0.05) is 36.4 Å². The maximum Gasteiger partial charge on any atom is 0.311 e. The minimum absolute atomic E-state index is 0.112. The number of hydrogen-bond acceptors (Lipinski definition) is 5. The lowest BCUT2D eigenvalue weighted by Gasteiger charge is -2.26. The van der Waals surface area contributed by atoms with Crippen LogP contribution in [-0.2, 0) is 20.7 Å². The Hall–Kier alpha value is -3.22. The van der Waals surface area contributed by atoms with Crippen molar-refractivity contribution in [2.24, 2.45) is 0 Å². The van der Waals surface area contributed by atoms with Crippen molar-refractivity contribution in [1.82, 2.24) is 0 Å². The molecule has 7 nitrogen and oxygen atoms in total. The first-order valence-electron chi connectivity index (χ1n) is 8.15. The van der Waals surface area contributed by atoms with E-state index in [0.29, 0.717) is 5.69 Å². The second-order valence-corrected chi connectivity index (χ2v) is 5.92. The van der Waals surface area contributed by atoms with Crippen molar-refractivity contribution in [1.29, 1.82) is 0 Å². The molecule has 0 atom stereocenters. The van der Waals surface area contributed by atoms with Crippen LogP contribution < -0.4 is 4.90 Å². The Kier molecular flexibility index (Phi) is 6.43. The van der Waals surface area contributed by atoms with Gasteiger partial charge < -0.3 is 9.64 Å². The number of benzene rings is 2. The van der Waals surface area contributed by atoms with Crippen LogP contribution >= 0.6 is 0 Å². The largest absolute Gasteiger partial charge is 0.455 e. The Morgan fingerprint density at radius 1 is 1.08 bits per heavy atom. The second kappa shape index (κ2) is 8.75. The Morgan fingerprint density at radius 2 is 1.69 bits per heavy atom. The molecule has 26 heavy (non-hydrogen) atoms. The number of nitro benzene ring substituents is 1. The van der Waals surface area contributed by atoms with E-state index in [1.807, 2.05) is 32.0 Å². The summed E-state index contributed by atoms with van der Waals surface area (Å²) in [4.78, 5) is 36.4. The third kappa shape index (κ3) is 4.89. The lowest BCUT2D eigenvalue weighted by Crippen LogP contribution is -2.40. The summed E-state index contributed by atoms with van der Waals surface area (Å²) in [5.74, 6) is -1.05. The zero-order valence-corrected chi connectivity index (χ0v) is 14.6. The van der Waals surface area contributed by atoms with Crippen molar-refractivity contribution in [3.63, 3.8) is 0 Å². The van der Waals surface area contributed by atoms with Gasteiger partial charge in [0.05, 0.1) is 11.3 Å². The Balaban J connectivity index is 2.00. The van der Waals surface area contributed by atoms with Gasteiger partial charge in [0.2, 0.25) is 0 Å². The van der Waals surface area contributed by atoms with E-state index in [-0.39, 0.29) is 29.6 Å². The van der Waals surface area contributed by atoms with Gasteiger partial charge in [-0.25, -0.2) is 0 Å². The highest BCUT2D eigenvalue weighted by Crippen LogP contribution is 2.19. The average Bonchev–Trinajstić information content (AvgIpc) is 2.61. The highest BCUT2D eigenvalue weighted by molar-refractivity contribution is 5.95. The minimum Gasteiger partial charge on any atom is -0.455 e. The molecule has 0 aliphatic rings. The van der Waals surface area contributed by atoms with Crippen molar-refractivity contribution >= 4 is 23.3 Å². The van der Waals surface area contributed by atoms with Gasteiger partial charge in [-0.3, -0.25) is 19.7 Å². The highest BCUT2D eigenvalue weighted by atomic mass is 16.6. The van der Waals surface area contributed by atoms with Gasteiger partial charge in [0.15, 0.2) is 6.61 Å². The van der Waals surface area contributed by atoms with Crippen molar-refractivity contribution < 1.29 is 19.2 Å². The number of carbonyl (C=O) groups excluding carboxylic acids is 2. The summed E-state index contributed by atoms with van der Waals surface area (Å²) >= 11 is 0. The highest BCUT2D eigenvalue weighted by Gasteiger charge is 2.21. The summed E-state index contributed by atoms with van der Waals surface area (Å²) in [6.45, 7) is 3.30. The predicted molar refractivity (Wildman–Crippen MR) is 96.8 cm³/mol. The molecule has 136 valence electrons. The lowest BCUT2D eigenvalue weighted by molar-refractivity contribution is -0.385. The van der Waals surface area contributed by atoms with Gasteiger partial charge in [-0.15, -0.1) is 0 Å². The van der Waals surface area contributed by atoms with Crippen LogP contribution in [-0.4, -0.2) is 29.4 Å². The molecule has 0 bridgehead atoms. The van der Waals surface area contributed by atoms with Gasteiger partial charge in [0.1, 0.15) is 0 Å². The van der Waals surface area contributed by atoms with E-state index < -0.39 is 17.5 Å². The minimum atomic E-state index is -0.690. The number of para-hydroxylation sites is 2. The normalized spacial score (nSPS) is 10.4. The van der Waals surface area contributed by atoms with Crippen LogP contribution in [0.3, 0.4) is 0 Å². The SMILES string of the molecule is CC(C)N(C(=O)COC(=O)Cc1ccccc1[N+](=O)[O-])c1ccccc1. The average molecular weight is 356 g/mol. The fraction of sp³-hybridized carbons (Fsp3) is 0.263. The Labute approximate surface area is 151 Å². The molecule has 2 rings (SSSR count). The smallest absolute Gasteiger partial charge is 0.311 e. The fourth-order valence-corrected chi connectivity index (χ4v) is 2.58. The molecule has 7 heteroatoms. The van der Waals surface area contributed by atoms with E-state index in [0.717, 1.165) is 0 Å². The van der Waals surface area contributed by atoms with Gasteiger partial charge in [0.25, 0.3) is 11.6 Å². The number of nitrogens with zero attached hydrogens (tertiary/aromatic N) is 2. The molecule has 0 saturated carbocycles. The molecule has 0 spiro atoms. The lowest BCUT2D eigenvalue weighted by atomic mass is 10.1. The predicted octanol–water partition coefficient (Wildman–Crippen LogP) is 3.12. The Bertz CT molecular complexity index is 790. The van der Waals surface area contributed by atoms with E-state index in [2.05, 4.69) is 0 Å². The van der Waals surface area contributed by atoms with E-state index >= 15 is 0 Å². The number of anilines is 1. The van der Waals surface area contributed by atoms with Crippen LogP contribution in [0, 0.1) is 10.1 Å². The molecular weight excluding hydrogens is 336 g/mol. The monoisotopic (exact) mass is 356 g/mol. The van der Waals surface area contributed by atoms with Gasteiger partial charge in [-0.2, -0.15) is 0 Å². The van der Waals surface area contributed by atoms with E-state index in [1.54, 1.807) is 18.2 Å². The maximum atomic E-state index is 12.5. The fourth-order valence-electron chi connectivity index (χ4n) is 2.58. The number of carbonyl (C=O) groups is 2. The second-order valence-electron chi connectivity index (χ2n) is 5.92. The van der Waals surface area contributed by atoms with E-state index in [4.69, 9.17) is 4.74 Å². The quantitative estimate of drug-likeness (QED) is 0.432. The molecule has 2 aromatic rings. The maximum absolute atomic E-state index is 12.5. The van der Waals surface area contributed by atoms with Crippen LogP contribution in [0.2, 0.25) is 0 Å². The van der Waals surface area contributed by atoms with E-state index in [1.165, 1.54) is 23.1 Å². The van der Waals surface area contributed by atoms with Crippen molar-refractivity contribution in [2.75, 3.05) is 11.5 Å². The standard InChI is InChI=1S/C19H20N2O5/c1-14(2)20(16-9-4-3-5-10-16)18(22)13-26-19(23)12-15-8-6-7-11-17(15)21(24)25/h3-11,14H,12-13H2,1-2H3. The molecule has 0 unspecified atom stereocenters. The summed E-state index contributed by atoms with van der Waals surface area (Å²) in [6, 6.07) is 14.9. The molecule has 0 N–H and O–H groups in total. The van der Waals surface area contributed by atoms with Gasteiger partial charge in [-0.05, 0) is 26.0 Å². The van der Waals surface area contributed by atoms with Crippen LogP contribution in [0.25, 0.3) is 0 Å². The first kappa shape index (κ1) is 19.1. The molecular formula is C19H20N2O5. The van der Waals surface area contributed by atoms with Crippen molar-refractivity contribution in [3.8, 4) is 0 Å². The number of esters is 1. The van der Waals surface area contributed by atoms with Crippen LogP contribution in [0.5, 0.6) is 0 Å². The summed E-state index contributed by atoms with van der Waals surface area (Å²) in [6.07, 6.45) is -0.266. The molecule has 0 aromatic heterocycles. The topological polar surface area (TPSA) is 89.8 Å². The molecule has 2 aromatic carbocycles. The van der Waals surface area contributed by atoms with Crippen LogP contribution in [0.15, 0.2) is 54.6 Å². The van der Waals surface area contributed by atoms with Crippen molar-refractivity contribution in [3.05, 3.63) is 70.3 Å². The summed E-state index contributed by atoms with van der Waals surface area (Å²) in [5, 5.41) is 11.0. The summed E-state index contributed by atoms with van der Waals surface area (Å²) < 4.78 is 5.04. The zero-order valence-electron chi connectivity index (χ0n) is 14.6. The molecule has 0 saturated heterocycles. The van der Waals surface area contributed by atoms with Crippen molar-refractivity contribution in [2.45, 2.75) is 26.3 Å². The first-order chi connectivity index (χ1) is 12.4. The van der Waals surface area contributed by atoms with E-state index in [9.17, 15) is 19.7 Å². The Morgan fingerprint density at radius 3 is 2.31 bits per heavy atom. The molecule has 0 aliphatic carbocycles. The molecule has 0 radical (unpaired) electrons. The number of nitro groups is 1. The number of ether oxygens (including phenoxy) is 1. The summed E-state index contributed by atoms with van der Waals surface area (Å²) in [5.41, 5.74) is 0.810. The molecule has 0 aliphatic heterocycles. The molecule has 1 amide bonds. The molecule has 0 fully saturated rings. The molecule has 0 heterocycles. The zero-order chi connectivity index (χ0) is 19.1. The third-order valence-electron chi connectivity index (χ3n) is 3.70. The van der Waals surface area contributed by atoms with Crippen LogP contribution in [0.1, 0.15) is 19.4 Å². The number of hydrogen-bond donors (Lipinski definition) is 0. The third-order valence-corrected chi connectivity index (χ3v) is 3.70. The summed E-state index contributed by atoms with van der Waals surface area (Å²) in [7, 11) is 0. The number of amides is 1.